The van der Waals surface area contributed by atoms with E-state index in [1.54, 1.807) is 0 Å². The number of nitrogens with two attached hydrogens (primary N) is 1. The molecule has 0 unspecified atom stereocenters. The highest BCUT2D eigenvalue weighted by atomic mass is 16.5. The number of benzene rings is 1. The topological polar surface area (TPSA) is 72.1 Å². The maximum Gasteiger partial charge on any atom is 0.193 e. The average Bonchev–Trinajstić information content (AvgIpc) is 2.79. The zero-order valence-electron chi connectivity index (χ0n) is 15.4. The molecule has 6 heteroatoms. The van der Waals surface area contributed by atoms with Crippen LogP contribution in [0.25, 0.3) is 0 Å². The van der Waals surface area contributed by atoms with Crippen molar-refractivity contribution in [3.8, 4) is 11.5 Å². The number of hydrogen-bond donors (Lipinski definition) is 2. The predicted octanol–water partition coefficient (Wildman–Crippen LogP) is 2.70. The molecule has 0 atom stereocenters. The summed E-state index contributed by atoms with van der Waals surface area (Å²) in [5.41, 5.74) is 7.31. The number of piperidine rings is 1. The molecule has 0 radical (unpaired) electrons. The second kappa shape index (κ2) is 7.95. The molecule has 1 aromatic carbocycles. The number of rotatable bonds is 4. The zero-order chi connectivity index (χ0) is 17.7. The Morgan fingerprint density at radius 1 is 1.24 bits per heavy atom. The largest absolute Gasteiger partial charge is 0.490 e. The van der Waals surface area contributed by atoms with E-state index < -0.39 is 0 Å². The first-order chi connectivity index (χ1) is 12.0. The smallest absolute Gasteiger partial charge is 0.193 e. The molecule has 25 heavy (non-hydrogen) atoms. The van der Waals surface area contributed by atoms with E-state index in [4.69, 9.17) is 15.2 Å². The second-order valence-electron chi connectivity index (χ2n) is 7.65. The Balaban J connectivity index is 1.51. The van der Waals surface area contributed by atoms with E-state index in [0.717, 1.165) is 43.2 Å². The lowest BCUT2D eigenvalue weighted by Crippen LogP contribution is -2.41. The van der Waals surface area contributed by atoms with Gasteiger partial charge in [-0.1, -0.05) is 13.8 Å². The summed E-state index contributed by atoms with van der Waals surface area (Å²) in [6.07, 6.45) is 3.47. The predicted molar refractivity (Wildman–Crippen MR) is 102 cm³/mol. The Morgan fingerprint density at radius 2 is 2.04 bits per heavy atom. The van der Waals surface area contributed by atoms with Crippen LogP contribution in [-0.4, -0.2) is 50.3 Å². The third kappa shape index (κ3) is 5.26. The minimum atomic E-state index is 0.412. The molecule has 2 heterocycles. The van der Waals surface area contributed by atoms with Crippen molar-refractivity contribution in [3.63, 3.8) is 0 Å². The van der Waals surface area contributed by atoms with E-state index in [0.29, 0.717) is 31.1 Å². The summed E-state index contributed by atoms with van der Waals surface area (Å²) >= 11 is 0. The van der Waals surface area contributed by atoms with Crippen LogP contribution in [-0.2, 0) is 0 Å². The summed E-state index contributed by atoms with van der Waals surface area (Å²) in [6.45, 7) is 9.99. The van der Waals surface area contributed by atoms with Crippen LogP contribution in [0.15, 0.2) is 23.2 Å². The number of nitrogens with one attached hydrogen (secondary N) is 1. The molecule has 0 aromatic heterocycles. The Kier molecular flexibility index (Phi) is 5.68. The molecule has 6 nitrogen and oxygen atoms in total. The van der Waals surface area contributed by atoms with Crippen molar-refractivity contribution in [1.29, 1.82) is 0 Å². The maximum atomic E-state index is 6.03. The first kappa shape index (κ1) is 17.9. The van der Waals surface area contributed by atoms with E-state index >= 15 is 0 Å². The van der Waals surface area contributed by atoms with Gasteiger partial charge in [0.05, 0.1) is 19.8 Å². The first-order valence-corrected chi connectivity index (χ1v) is 9.21. The van der Waals surface area contributed by atoms with Crippen molar-refractivity contribution in [1.82, 2.24) is 4.90 Å². The van der Waals surface area contributed by atoms with Crippen molar-refractivity contribution in [2.75, 3.05) is 44.7 Å². The fraction of sp³-hybridized carbons (Fsp3) is 0.632. The lowest BCUT2D eigenvalue weighted by Gasteiger charge is -2.37. The highest BCUT2D eigenvalue weighted by Gasteiger charge is 2.25. The summed E-state index contributed by atoms with van der Waals surface area (Å²) < 4.78 is 11.3. The van der Waals surface area contributed by atoms with Crippen LogP contribution in [0.4, 0.5) is 5.69 Å². The molecule has 1 saturated heterocycles. The maximum absolute atomic E-state index is 6.03. The van der Waals surface area contributed by atoms with Gasteiger partial charge in [-0.25, -0.2) is 0 Å². The van der Waals surface area contributed by atoms with Crippen LogP contribution in [0.2, 0.25) is 0 Å². The Hall–Kier alpha value is -1.95. The van der Waals surface area contributed by atoms with Gasteiger partial charge in [0.1, 0.15) is 0 Å². The molecule has 3 rings (SSSR count). The molecule has 3 N–H and O–H groups in total. The number of anilines is 1. The van der Waals surface area contributed by atoms with Gasteiger partial charge in [-0.3, -0.25) is 4.99 Å². The van der Waals surface area contributed by atoms with E-state index in [1.807, 2.05) is 18.2 Å². The molecule has 2 aliphatic rings. The summed E-state index contributed by atoms with van der Waals surface area (Å²) in [4.78, 5) is 6.94. The van der Waals surface area contributed by atoms with E-state index in [2.05, 4.69) is 29.1 Å². The molecule has 0 amide bonds. The van der Waals surface area contributed by atoms with E-state index in [1.165, 1.54) is 12.8 Å². The Morgan fingerprint density at radius 3 is 2.84 bits per heavy atom. The molecule has 1 aromatic rings. The van der Waals surface area contributed by atoms with Gasteiger partial charge in [-0.05, 0) is 36.9 Å². The first-order valence-electron chi connectivity index (χ1n) is 9.21. The van der Waals surface area contributed by atoms with Crippen LogP contribution >= 0.6 is 0 Å². The third-order valence-corrected chi connectivity index (χ3v) is 4.70. The summed E-state index contributed by atoms with van der Waals surface area (Å²) in [7, 11) is 0. The van der Waals surface area contributed by atoms with E-state index in [9.17, 15) is 0 Å². The van der Waals surface area contributed by atoms with Gasteiger partial charge in [0.2, 0.25) is 0 Å². The second-order valence-corrected chi connectivity index (χ2v) is 7.65. The minimum absolute atomic E-state index is 0.412. The molecular weight excluding hydrogens is 316 g/mol. The van der Waals surface area contributed by atoms with Crippen molar-refractivity contribution in [3.05, 3.63) is 18.2 Å². The fourth-order valence-electron chi connectivity index (χ4n) is 3.48. The van der Waals surface area contributed by atoms with Crippen LogP contribution in [0.3, 0.4) is 0 Å². The van der Waals surface area contributed by atoms with Gasteiger partial charge in [0.25, 0.3) is 0 Å². The minimum Gasteiger partial charge on any atom is -0.490 e. The molecule has 0 saturated carbocycles. The molecular formula is C19H30N4O2. The van der Waals surface area contributed by atoms with Gasteiger partial charge < -0.3 is 25.4 Å². The summed E-state index contributed by atoms with van der Waals surface area (Å²) in [6, 6.07) is 5.76. The average molecular weight is 346 g/mol. The van der Waals surface area contributed by atoms with Crippen LogP contribution in [0.1, 0.15) is 33.1 Å². The van der Waals surface area contributed by atoms with Crippen molar-refractivity contribution in [2.45, 2.75) is 33.1 Å². The molecule has 2 aliphatic heterocycles. The molecule has 138 valence electrons. The van der Waals surface area contributed by atoms with Crippen molar-refractivity contribution < 1.29 is 9.47 Å². The highest BCUT2D eigenvalue weighted by molar-refractivity contribution is 5.92. The number of ether oxygens (including phenoxy) is 2. The monoisotopic (exact) mass is 346 g/mol. The van der Waals surface area contributed by atoms with Crippen LogP contribution in [0, 0.1) is 5.41 Å². The quantitative estimate of drug-likeness (QED) is 0.648. The lowest BCUT2D eigenvalue weighted by molar-refractivity contribution is 0.121. The SMILES string of the molecule is CC1(C)CCCN(CCN=C(N)Nc2ccc3c(c2)OCCCO3)C1. The number of fused-ring (bicyclic) bond motifs is 1. The van der Waals surface area contributed by atoms with Gasteiger partial charge >= 0.3 is 0 Å². The number of guanidine groups is 1. The normalized spacial score (nSPS) is 20.8. The molecule has 0 spiro atoms. The Bertz CT molecular complexity index is 615. The van der Waals surface area contributed by atoms with Crippen LogP contribution < -0.4 is 20.5 Å². The third-order valence-electron chi connectivity index (χ3n) is 4.70. The van der Waals surface area contributed by atoms with Crippen molar-refractivity contribution >= 4 is 11.6 Å². The molecule has 0 bridgehead atoms. The van der Waals surface area contributed by atoms with Crippen LogP contribution in [0.5, 0.6) is 11.5 Å². The van der Waals surface area contributed by atoms with Gasteiger partial charge in [-0.15, -0.1) is 0 Å². The number of aliphatic imine (C=N–C) groups is 1. The van der Waals surface area contributed by atoms with Crippen molar-refractivity contribution in [2.24, 2.45) is 16.1 Å². The fourth-order valence-corrected chi connectivity index (χ4v) is 3.48. The van der Waals surface area contributed by atoms with Gasteiger partial charge in [-0.2, -0.15) is 0 Å². The summed E-state index contributed by atoms with van der Waals surface area (Å²) in [5.74, 6) is 1.97. The Labute approximate surface area is 150 Å². The van der Waals surface area contributed by atoms with Gasteiger partial charge in [0, 0.05) is 31.3 Å². The zero-order valence-corrected chi connectivity index (χ0v) is 15.4. The standard InChI is InChI=1S/C19H30N4O2/c1-19(2)7-3-9-23(14-19)10-8-21-18(20)22-15-5-6-16-17(13-15)25-12-4-11-24-16/h5-6,13H,3-4,7-12,14H2,1-2H3,(H3,20,21,22). The number of likely N-dealkylation sites (tertiary alicyclic amines) is 1. The number of hydrogen-bond acceptors (Lipinski definition) is 4. The molecule has 0 aliphatic carbocycles. The lowest BCUT2D eigenvalue weighted by atomic mass is 9.84. The highest BCUT2D eigenvalue weighted by Crippen LogP contribution is 2.32. The van der Waals surface area contributed by atoms with E-state index in [-0.39, 0.29) is 0 Å². The molecule has 1 fully saturated rings. The number of nitrogens with zero attached hydrogens (tertiary/aromatic N) is 2. The summed E-state index contributed by atoms with van der Waals surface area (Å²) in [5, 5.41) is 3.14. The van der Waals surface area contributed by atoms with Gasteiger partial charge in [0.15, 0.2) is 17.5 Å².